The topological polar surface area (TPSA) is 35.6 Å². The molecule has 1 aliphatic heterocycles. The number of anilines is 1. The lowest BCUT2D eigenvalue weighted by atomic mass is 9.94. The molecule has 1 aromatic carbocycles. The molecule has 1 aromatic rings. The van der Waals surface area contributed by atoms with Crippen molar-refractivity contribution in [2.75, 3.05) is 31.5 Å². The number of nitrogens with zero attached hydrogens (tertiary/aromatic N) is 2. The van der Waals surface area contributed by atoms with E-state index < -0.39 is 0 Å². The van der Waals surface area contributed by atoms with Gasteiger partial charge in [0, 0.05) is 37.9 Å². The predicted octanol–water partition coefficient (Wildman–Crippen LogP) is 3.73. The molecule has 0 bridgehead atoms. The first-order valence-corrected chi connectivity index (χ1v) is 9.15. The number of benzene rings is 1. The van der Waals surface area contributed by atoms with Crippen molar-refractivity contribution in [3.63, 3.8) is 0 Å². The molecule has 4 nitrogen and oxygen atoms in total. The lowest BCUT2D eigenvalue weighted by Crippen LogP contribution is -2.53. The lowest BCUT2D eigenvalue weighted by molar-refractivity contribution is 0.0943. The second kappa shape index (κ2) is 7.82. The van der Waals surface area contributed by atoms with Crippen LogP contribution in [0.1, 0.15) is 44.6 Å². The molecule has 0 unspecified atom stereocenters. The largest absolute Gasteiger partial charge is 0.322 e. The molecule has 0 radical (unpaired) electrons. The van der Waals surface area contributed by atoms with E-state index in [4.69, 9.17) is 0 Å². The van der Waals surface area contributed by atoms with Gasteiger partial charge in [-0.15, -0.1) is 0 Å². The standard InChI is InChI=1S/C19H29N3O/c1-2-16-8-10-17(11-9-16)20-19(23)22-14-12-21(13-15-22)18-6-4-3-5-7-18/h8-11,18H,2-7,12-15H2,1H3,(H,20,23). The highest BCUT2D eigenvalue weighted by molar-refractivity contribution is 5.89. The summed E-state index contributed by atoms with van der Waals surface area (Å²) in [5.41, 5.74) is 2.19. The normalized spacial score (nSPS) is 20.5. The van der Waals surface area contributed by atoms with E-state index in [-0.39, 0.29) is 6.03 Å². The van der Waals surface area contributed by atoms with E-state index in [9.17, 15) is 4.79 Å². The Kier molecular flexibility index (Phi) is 5.55. The van der Waals surface area contributed by atoms with E-state index in [1.165, 1.54) is 37.7 Å². The van der Waals surface area contributed by atoms with Crippen LogP contribution in [0.3, 0.4) is 0 Å². The summed E-state index contributed by atoms with van der Waals surface area (Å²) in [6.45, 7) is 5.86. The summed E-state index contributed by atoms with van der Waals surface area (Å²) < 4.78 is 0. The summed E-state index contributed by atoms with van der Waals surface area (Å²) in [7, 11) is 0. The number of piperazine rings is 1. The summed E-state index contributed by atoms with van der Waals surface area (Å²) in [4.78, 5) is 16.9. The Morgan fingerprint density at radius 1 is 1.04 bits per heavy atom. The first kappa shape index (κ1) is 16.3. The van der Waals surface area contributed by atoms with Gasteiger partial charge in [-0.3, -0.25) is 4.90 Å². The first-order valence-electron chi connectivity index (χ1n) is 9.15. The molecule has 2 amide bonds. The van der Waals surface area contributed by atoms with Gasteiger partial charge >= 0.3 is 6.03 Å². The molecular formula is C19H29N3O. The first-order chi connectivity index (χ1) is 11.3. The highest BCUT2D eigenvalue weighted by atomic mass is 16.2. The number of carbonyl (C=O) groups is 1. The lowest BCUT2D eigenvalue weighted by Gasteiger charge is -2.40. The summed E-state index contributed by atoms with van der Waals surface area (Å²) >= 11 is 0. The van der Waals surface area contributed by atoms with Gasteiger partial charge < -0.3 is 10.2 Å². The van der Waals surface area contributed by atoms with E-state index in [0.717, 1.165) is 44.3 Å². The van der Waals surface area contributed by atoms with Crippen LogP contribution in [-0.4, -0.2) is 48.1 Å². The van der Waals surface area contributed by atoms with Crippen LogP contribution >= 0.6 is 0 Å². The number of carbonyl (C=O) groups excluding carboxylic acids is 1. The van der Waals surface area contributed by atoms with Crippen molar-refractivity contribution in [1.29, 1.82) is 0 Å². The molecule has 0 aromatic heterocycles. The zero-order valence-electron chi connectivity index (χ0n) is 14.3. The Bertz CT molecular complexity index is 500. The highest BCUT2D eigenvalue weighted by Gasteiger charge is 2.26. The number of rotatable bonds is 3. The average molecular weight is 315 g/mol. The molecule has 23 heavy (non-hydrogen) atoms. The zero-order chi connectivity index (χ0) is 16.1. The van der Waals surface area contributed by atoms with Crippen LogP contribution in [0, 0.1) is 0 Å². The fourth-order valence-corrected chi connectivity index (χ4v) is 3.76. The van der Waals surface area contributed by atoms with Gasteiger partial charge in [0.25, 0.3) is 0 Å². The predicted molar refractivity (Wildman–Crippen MR) is 94.9 cm³/mol. The number of urea groups is 1. The molecule has 1 aliphatic carbocycles. The average Bonchev–Trinajstić information content (AvgIpc) is 2.63. The van der Waals surface area contributed by atoms with E-state index >= 15 is 0 Å². The maximum absolute atomic E-state index is 12.4. The fourth-order valence-electron chi connectivity index (χ4n) is 3.76. The van der Waals surface area contributed by atoms with Crippen molar-refractivity contribution in [3.8, 4) is 0 Å². The van der Waals surface area contributed by atoms with Crippen LogP contribution in [-0.2, 0) is 6.42 Å². The maximum atomic E-state index is 12.4. The van der Waals surface area contributed by atoms with Gasteiger partial charge in [-0.2, -0.15) is 0 Å². The minimum Gasteiger partial charge on any atom is -0.322 e. The third-order valence-electron chi connectivity index (χ3n) is 5.31. The second-order valence-corrected chi connectivity index (χ2v) is 6.80. The molecule has 1 heterocycles. The van der Waals surface area contributed by atoms with Crippen molar-refractivity contribution >= 4 is 11.7 Å². The quantitative estimate of drug-likeness (QED) is 0.922. The SMILES string of the molecule is CCc1ccc(NC(=O)N2CCN(C3CCCCC3)CC2)cc1. The van der Waals surface area contributed by atoms with E-state index in [2.05, 4.69) is 29.3 Å². The van der Waals surface area contributed by atoms with E-state index in [0.29, 0.717) is 0 Å². The third-order valence-corrected chi connectivity index (χ3v) is 5.31. The number of hydrogen-bond donors (Lipinski definition) is 1. The van der Waals surface area contributed by atoms with Gasteiger partial charge in [0.05, 0.1) is 0 Å². The molecule has 126 valence electrons. The molecular weight excluding hydrogens is 286 g/mol. The minimum atomic E-state index is 0.0394. The van der Waals surface area contributed by atoms with Crippen LogP contribution in [0.5, 0.6) is 0 Å². The Morgan fingerprint density at radius 3 is 2.30 bits per heavy atom. The van der Waals surface area contributed by atoms with E-state index in [1.807, 2.05) is 17.0 Å². The van der Waals surface area contributed by atoms with Gasteiger partial charge in [-0.1, -0.05) is 38.3 Å². The van der Waals surface area contributed by atoms with Gasteiger partial charge in [-0.05, 0) is 37.0 Å². The molecule has 1 saturated carbocycles. The van der Waals surface area contributed by atoms with Gasteiger partial charge in [-0.25, -0.2) is 4.79 Å². The molecule has 1 N–H and O–H groups in total. The van der Waals surface area contributed by atoms with Crippen LogP contribution in [0.4, 0.5) is 10.5 Å². The Morgan fingerprint density at radius 2 is 1.70 bits per heavy atom. The third kappa shape index (κ3) is 4.25. The highest BCUT2D eigenvalue weighted by Crippen LogP contribution is 2.23. The summed E-state index contributed by atoms with van der Waals surface area (Å²) in [6, 6.07) is 8.95. The Labute approximate surface area is 139 Å². The van der Waals surface area contributed by atoms with Crippen LogP contribution in [0.2, 0.25) is 0 Å². The minimum absolute atomic E-state index is 0.0394. The van der Waals surface area contributed by atoms with Crippen molar-refractivity contribution in [3.05, 3.63) is 29.8 Å². The van der Waals surface area contributed by atoms with Crippen LogP contribution in [0.15, 0.2) is 24.3 Å². The molecule has 2 aliphatic rings. The summed E-state index contributed by atoms with van der Waals surface area (Å²) in [5.74, 6) is 0. The monoisotopic (exact) mass is 315 g/mol. The molecule has 2 fully saturated rings. The zero-order valence-corrected chi connectivity index (χ0v) is 14.3. The molecule has 3 rings (SSSR count). The van der Waals surface area contributed by atoms with Crippen LogP contribution in [0.25, 0.3) is 0 Å². The van der Waals surface area contributed by atoms with Gasteiger partial charge in [0.1, 0.15) is 0 Å². The van der Waals surface area contributed by atoms with Crippen molar-refractivity contribution in [2.24, 2.45) is 0 Å². The number of amides is 2. The molecule has 0 spiro atoms. The van der Waals surface area contributed by atoms with Crippen molar-refractivity contribution in [2.45, 2.75) is 51.5 Å². The fraction of sp³-hybridized carbons (Fsp3) is 0.632. The Balaban J connectivity index is 1.47. The number of aryl methyl sites for hydroxylation is 1. The Hall–Kier alpha value is -1.55. The number of hydrogen-bond acceptors (Lipinski definition) is 2. The van der Waals surface area contributed by atoms with Crippen LogP contribution < -0.4 is 5.32 Å². The van der Waals surface area contributed by atoms with E-state index in [1.54, 1.807) is 0 Å². The molecule has 4 heteroatoms. The number of nitrogens with one attached hydrogen (secondary N) is 1. The van der Waals surface area contributed by atoms with Gasteiger partial charge in [0.2, 0.25) is 0 Å². The molecule has 0 atom stereocenters. The molecule has 1 saturated heterocycles. The van der Waals surface area contributed by atoms with Crippen molar-refractivity contribution < 1.29 is 4.79 Å². The second-order valence-electron chi connectivity index (χ2n) is 6.80. The van der Waals surface area contributed by atoms with Gasteiger partial charge in [0.15, 0.2) is 0 Å². The van der Waals surface area contributed by atoms with Crippen molar-refractivity contribution in [1.82, 2.24) is 9.80 Å². The smallest absolute Gasteiger partial charge is 0.321 e. The summed E-state index contributed by atoms with van der Waals surface area (Å²) in [5, 5.41) is 3.03. The maximum Gasteiger partial charge on any atom is 0.321 e. The summed E-state index contributed by atoms with van der Waals surface area (Å²) in [6.07, 6.45) is 7.86.